The molecule has 12 heteroatoms. The summed E-state index contributed by atoms with van der Waals surface area (Å²) >= 11 is 0. The van der Waals surface area contributed by atoms with E-state index in [1.54, 1.807) is 36.4 Å². The number of rotatable bonds is 11. The summed E-state index contributed by atoms with van der Waals surface area (Å²) < 4.78 is 81.2. The third-order valence-corrected chi connectivity index (χ3v) is 9.57. The summed E-state index contributed by atoms with van der Waals surface area (Å²) in [5.74, 6) is -0.219. The molecule has 0 aliphatic rings. The van der Waals surface area contributed by atoms with Crippen molar-refractivity contribution in [1.29, 1.82) is 0 Å². The molecule has 0 saturated carbocycles. The summed E-state index contributed by atoms with van der Waals surface area (Å²) in [7, 11) is -6.85. The lowest BCUT2D eigenvalue weighted by Gasteiger charge is -2.26. The molecule has 4 N–H and O–H groups in total. The van der Waals surface area contributed by atoms with Crippen LogP contribution in [-0.2, 0) is 20.2 Å². The average molecular weight is 675 g/mol. The molecular weight excluding hydrogens is 641 g/mol. The van der Waals surface area contributed by atoms with Crippen molar-refractivity contribution in [2.45, 2.75) is 29.6 Å². The quantitative estimate of drug-likeness (QED) is 0.0820. The Morgan fingerprint density at radius 2 is 1.02 bits per heavy atom. The summed E-state index contributed by atoms with van der Waals surface area (Å²) in [6.07, 6.45) is 0. The van der Waals surface area contributed by atoms with Gasteiger partial charge in [-0.3, -0.25) is 9.11 Å². The molecule has 0 heterocycles. The third kappa shape index (κ3) is 7.42. The van der Waals surface area contributed by atoms with E-state index in [0.717, 1.165) is 34.6 Å². The highest BCUT2D eigenvalue weighted by atomic mass is 32.2. The Kier molecular flexibility index (Phi) is 9.59. The molecule has 0 unspecified atom stereocenters. The minimum Gasteiger partial charge on any atom is -0.496 e. The highest BCUT2D eigenvalue weighted by molar-refractivity contribution is 7.86. The molecule has 244 valence electrons. The zero-order chi connectivity index (χ0) is 33.9. The van der Waals surface area contributed by atoms with E-state index in [-0.39, 0.29) is 5.56 Å². The first-order chi connectivity index (χ1) is 22.3. The van der Waals surface area contributed by atoms with Gasteiger partial charge in [-0.15, -0.1) is 0 Å². The van der Waals surface area contributed by atoms with Crippen LogP contribution in [0.15, 0.2) is 113 Å². The molecule has 0 bridgehead atoms. The first-order valence-corrected chi connectivity index (χ1v) is 17.3. The number of benzene rings is 5. The van der Waals surface area contributed by atoms with Gasteiger partial charge in [0.15, 0.2) is 0 Å². The van der Waals surface area contributed by atoms with Crippen molar-refractivity contribution in [2.24, 2.45) is 0 Å². The minimum atomic E-state index is -5.01. The Labute approximate surface area is 274 Å². The molecule has 0 aromatic heterocycles. The molecule has 47 heavy (non-hydrogen) atoms. The maximum Gasteiger partial charge on any atom is 0.294 e. The van der Waals surface area contributed by atoms with Gasteiger partial charge in [0.1, 0.15) is 11.5 Å². The standard InChI is InChI=1S/C35H34N2O8S2/c1-22-9-5-7-11-30(22)36-24-13-16-27(32(19-24)44-3)35(29-18-15-26(46(38,39)40)21-34(29)47(41,42)43)28-17-14-25(20-33(28)45-4)37-31-12-8-6-10-23(31)2/h5-21,35-37H,1-4H3,(H,38,39,40)(H,41,42,43). The first kappa shape index (κ1) is 33.5. The molecule has 5 aromatic rings. The van der Waals surface area contributed by atoms with E-state index >= 15 is 0 Å². The molecule has 5 aromatic carbocycles. The summed E-state index contributed by atoms with van der Waals surface area (Å²) in [5, 5.41) is 6.73. The molecular formula is C35H34N2O8S2. The maximum absolute atomic E-state index is 12.8. The Balaban J connectivity index is 1.73. The van der Waals surface area contributed by atoms with Crippen LogP contribution in [0, 0.1) is 13.8 Å². The molecule has 0 aliphatic heterocycles. The Bertz CT molecular complexity index is 2070. The van der Waals surface area contributed by atoms with Crippen LogP contribution in [0.1, 0.15) is 33.7 Å². The highest BCUT2D eigenvalue weighted by Gasteiger charge is 2.31. The molecule has 0 aliphatic carbocycles. The fourth-order valence-electron chi connectivity index (χ4n) is 5.43. The van der Waals surface area contributed by atoms with Crippen LogP contribution in [0.2, 0.25) is 0 Å². The van der Waals surface area contributed by atoms with Crippen molar-refractivity contribution in [1.82, 2.24) is 0 Å². The summed E-state index contributed by atoms with van der Waals surface area (Å²) in [5.41, 5.74) is 6.20. The second kappa shape index (κ2) is 13.5. The topological polar surface area (TPSA) is 151 Å². The van der Waals surface area contributed by atoms with Crippen LogP contribution in [0.3, 0.4) is 0 Å². The Morgan fingerprint density at radius 1 is 0.574 bits per heavy atom. The number of anilines is 4. The molecule has 0 spiro atoms. The summed E-state index contributed by atoms with van der Waals surface area (Å²) in [4.78, 5) is -1.40. The van der Waals surface area contributed by atoms with E-state index in [2.05, 4.69) is 10.6 Å². The molecule has 0 saturated heterocycles. The van der Waals surface area contributed by atoms with Crippen molar-refractivity contribution in [3.63, 3.8) is 0 Å². The Morgan fingerprint density at radius 3 is 1.43 bits per heavy atom. The van der Waals surface area contributed by atoms with Gasteiger partial charge in [0.2, 0.25) is 0 Å². The number of hydrogen-bond acceptors (Lipinski definition) is 8. The molecule has 0 amide bonds. The largest absolute Gasteiger partial charge is 0.496 e. The van der Waals surface area contributed by atoms with Crippen LogP contribution in [0.25, 0.3) is 0 Å². The van der Waals surface area contributed by atoms with Crippen LogP contribution in [0.5, 0.6) is 11.5 Å². The lowest BCUT2D eigenvalue weighted by atomic mass is 9.83. The Hall–Kier alpha value is -4.88. The fourth-order valence-corrected chi connectivity index (χ4v) is 6.77. The summed E-state index contributed by atoms with van der Waals surface area (Å²) in [6.45, 7) is 3.95. The molecule has 0 fully saturated rings. The van der Waals surface area contributed by atoms with Gasteiger partial charge in [-0.1, -0.05) is 54.6 Å². The summed E-state index contributed by atoms with van der Waals surface area (Å²) in [6, 6.07) is 29.2. The molecule has 5 rings (SSSR count). The van der Waals surface area contributed by atoms with E-state index in [9.17, 15) is 25.9 Å². The number of aryl methyl sites for hydroxylation is 2. The van der Waals surface area contributed by atoms with Crippen LogP contribution in [-0.4, -0.2) is 40.2 Å². The number of methoxy groups -OCH3 is 2. The highest BCUT2D eigenvalue weighted by Crippen LogP contribution is 2.45. The van der Waals surface area contributed by atoms with E-state index in [1.165, 1.54) is 20.3 Å². The number of para-hydroxylation sites is 2. The SMILES string of the molecule is COc1cc(Nc2ccccc2C)ccc1C(c1ccc(Nc2ccccc2C)cc1OC)c1ccc(S(=O)(=O)O)cc1S(=O)(=O)O. The van der Waals surface area contributed by atoms with Crippen molar-refractivity contribution in [2.75, 3.05) is 24.9 Å². The third-order valence-electron chi connectivity index (χ3n) is 7.81. The zero-order valence-electron chi connectivity index (χ0n) is 26.1. The van der Waals surface area contributed by atoms with E-state index in [1.807, 2.05) is 62.4 Å². The van der Waals surface area contributed by atoms with Crippen molar-refractivity contribution < 1.29 is 35.4 Å². The van der Waals surface area contributed by atoms with Gasteiger partial charge in [-0.05, 0) is 66.9 Å². The number of ether oxygens (including phenoxy) is 2. The van der Waals surface area contributed by atoms with Crippen molar-refractivity contribution >= 4 is 43.0 Å². The van der Waals surface area contributed by atoms with E-state index in [0.29, 0.717) is 34.0 Å². The minimum absolute atomic E-state index is 0.0238. The maximum atomic E-state index is 12.8. The van der Waals surface area contributed by atoms with Crippen LogP contribution < -0.4 is 20.1 Å². The van der Waals surface area contributed by atoms with Crippen molar-refractivity contribution in [3.8, 4) is 11.5 Å². The van der Waals surface area contributed by atoms with Gasteiger partial charge >= 0.3 is 0 Å². The van der Waals surface area contributed by atoms with Crippen LogP contribution >= 0.6 is 0 Å². The normalized spacial score (nSPS) is 11.7. The fraction of sp³-hybridized carbons (Fsp3) is 0.143. The average Bonchev–Trinajstić information content (AvgIpc) is 3.03. The second-order valence-corrected chi connectivity index (χ2v) is 13.7. The lowest BCUT2D eigenvalue weighted by molar-refractivity contribution is 0.402. The number of nitrogens with one attached hydrogen (secondary N) is 2. The second-order valence-electron chi connectivity index (χ2n) is 10.9. The molecule has 10 nitrogen and oxygen atoms in total. The number of hydrogen-bond donors (Lipinski definition) is 4. The van der Waals surface area contributed by atoms with Gasteiger partial charge in [0.25, 0.3) is 20.2 Å². The van der Waals surface area contributed by atoms with Gasteiger partial charge in [-0.25, -0.2) is 0 Å². The smallest absolute Gasteiger partial charge is 0.294 e. The lowest BCUT2D eigenvalue weighted by Crippen LogP contribution is -2.14. The first-order valence-electron chi connectivity index (χ1n) is 14.4. The molecule has 0 atom stereocenters. The van der Waals surface area contributed by atoms with E-state index < -0.39 is 35.9 Å². The predicted octanol–water partition coefficient (Wildman–Crippen LogP) is 7.48. The van der Waals surface area contributed by atoms with Gasteiger partial charge in [0, 0.05) is 51.9 Å². The van der Waals surface area contributed by atoms with Crippen molar-refractivity contribution in [3.05, 3.63) is 131 Å². The van der Waals surface area contributed by atoms with Gasteiger partial charge in [-0.2, -0.15) is 16.8 Å². The predicted molar refractivity (Wildman–Crippen MR) is 182 cm³/mol. The van der Waals surface area contributed by atoms with Crippen LogP contribution in [0.4, 0.5) is 22.7 Å². The van der Waals surface area contributed by atoms with Gasteiger partial charge in [0.05, 0.1) is 24.0 Å². The monoisotopic (exact) mass is 674 g/mol. The van der Waals surface area contributed by atoms with E-state index in [4.69, 9.17) is 9.47 Å². The van der Waals surface area contributed by atoms with Gasteiger partial charge < -0.3 is 20.1 Å². The molecule has 0 radical (unpaired) electrons. The zero-order valence-corrected chi connectivity index (χ0v) is 27.7.